The molecule has 2 aromatic rings. The fourth-order valence-corrected chi connectivity index (χ4v) is 2.82. The van der Waals surface area contributed by atoms with Gasteiger partial charge in [0, 0.05) is 5.56 Å². The summed E-state index contributed by atoms with van der Waals surface area (Å²) in [6.07, 6.45) is 0.242. The van der Waals surface area contributed by atoms with Crippen molar-refractivity contribution in [3.8, 4) is 11.5 Å². The van der Waals surface area contributed by atoms with Gasteiger partial charge in [0.2, 0.25) is 0 Å². The number of alkyl halides is 1. The number of benzene rings is 2. The highest BCUT2D eigenvalue weighted by molar-refractivity contribution is 9.09. The summed E-state index contributed by atoms with van der Waals surface area (Å²) in [6, 6.07) is 14.8. The van der Waals surface area contributed by atoms with Gasteiger partial charge in [-0.05, 0) is 69.7 Å². The van der Waals surface area contributed by atoms with E-state index in [0.29, 0.717) is 5.56 Å². The maximum absolute atomic E-state index is 12.6. The van der Waals surface area contributed by atoms with Gasteiger partial charge in [-0.3, -0.25) is 4.79 Å². The quantitative estimate of drug-likeness (QED) is 0.457. The van der Waals surface area contributed by atoms with Crippen LogP contribution in [0.15, 0.2) is 48.5 Å². The highest BCUT2D eigenvalue weighted by Crippen LogP contribution is 2.29. The van der Waals surface area contributed by atoms with E-state index >= 15 is 0 Å². The Morgan fingerprint density at radius 3 is 1.62 bits per heavy atom. The number of carbonyl (C=O) groups is 1. The van der Waals surface area contributed by atoms with Gasteiger partial charge in [-0.1, -0.05) is 28.1 Å². The number of carbonyl (C=O) groups excluding carboxylic acids is 1. The van der Waals surface area contributed by atoms with Crippen molar-refractivity contribution in [2.45, 2.75) is 44.7 Å². The first-order valence-corrected chi connectivity index (χ1v) is 9.00. The number of Topliss-reactive ketones (excluding diaryl/α,β-unsaturated/α-hetero) is 1. The molecule has 0 N–H and O–H groups in total. The third-order valence-electron chi connectivity index (χ3n) is 3.29. The van der Waals surface area contributed by atoms with Crippen LogP contribution in [0.3, 0.4) is 0 Å². The molecule has 128 valence electrons. The number of ether oxygens (including phenoxy) is 2. The van der Waals surface area contributed by atoms with E-state index in [9.17, 15) is 4.79 Å². The zero-order valence-corrected chi connectivity index (χ0v) is 16.0. The highest BCUT2D eigenvalue weighted by Gasteiger charge is 2.19. The molecule has 2 aromatic carbocycles. The summed E-state index contributed by atoms with van der Waals surface area (Å²) in [5, 5.41) is 0. The summed E-state index contributed by atoms with van der Waals surface area (Å²) in [5.74, 6) is 1.59. The van der Waals surface area contributed by atoms with Gasteiger partial charge >= 0.3 is 0 Å². The highest BCUT2D eigenvalue weighted by atomic mass is 79.9. The Kier molecular flexibility index (Phi) is 6.44. The lowest BCUT2D eigenvalue weighted by atomic mass is 10.0. The lowest BCUT2D eigenvalue weighted by Gasteiger charge is -2.13. The van der Waals surface area contributed by atoms with Crippen molar-refractivity contribution in [2.24, 2.45) is 0 Å². The van der Waals surface area contributed by atoms with Crippen molar-refractivity contribution in [1.29, 1.82) is 0 Å². The Balaban J connectivity index is 2.08. The van der Waals surface area contributed by atoms with Crippen LogP contribution < -0.4 is 9.47 Å². The maximum atomic E-state index is 12.6. The van der Waals surface area contributed by atoms with Crippen LogP contribution in [0.25, 0.3) is 0 Å². The Labute approximate surface area is 152 Å². The van der Waals surface area contributed by atoms with Crippen LogP contribution in [0.2, 0.25) is 0 Å². The summed E-state index contributed by atoms with van der Waals surface area (Å²) < 4.78 is 11.2. The molecule has 0 spiro atoms. The van der Waals surface area contributed by atoms with Crippen LogP contribution in [0.1, 0.15) is 48.4 Å². The van der Waals surface area contributed by atoms with Gasteiger partial charge in [0.15, 0.2) is 5.78 Å². The molecule has 0 saturated carbocycles. The average molecular weight is 391 g/mol. The molecule has 1 unspecified atom stereocenters. The molecule has 0 saturated heterocycles. The molecule has 3 nitrogen and oxygen atoms in total. The molecule has 0 amide bonds. The van der Waals surface area contributed by atoms with E-state index in [1.54, 1.807) is 12.1 Å². The van der Waals surface area contributed by atoms with Gasteiger partial charge < -0.3 is 9.47 Å². The summed E-state index contributed by atoms with van der Waals surface area (Å²) in [7, 11) is 0. The second kappa shape index (κ2) is 8.34. The standard InChI is InChI=1S/C20H23BrO3/c1-13(2)23-17-9-5-15(6-10-17)19(21)20(22)16-7-11-18(12-8-16)24-14(3)4/h5-14,19H,1-4H3. The minimum Gasteiger partial charge on any atom is -0.491 e. The largest absolute Gasteiger partial charge is 0.491 e. The number of ketones is 1. The maximum Gasteiger partial charge on any atom is 0.180 e. The van der Waals surface area contributed by atoms with Gasteiger partial charge in [-0.15, -0.1) is 0 Å². The first-order valence-electron chi connectivity index (χ1n) is 8.08. The molecule has 0 radical (unpaired) electrons. The second-order valence-electron chi connectivity index (χ2n) is 6.15. The van der Waals surface area contributed by atoms with Gasteiger partial charge in [0.05, 0.1) is 12.2 Å². The molecular formula is C20H23BrO3. The van der Waals surface area contributed by atoms with Gasteiger partial charge in [-0.25, -0.2) is 0 Å². The summed E-state index contributed by atoms with van der Waals surface area (Å²) in [4.78, 5) is 12.2. The third kappa shape index (κ3) is 5.10. The van der Waals surface area contributed by atoms with Crippen LogP contribution in [-0.2, 0) is 0 Å². The summed E-state index contributed by atoms with van der Waals surface area (Å²) in [5.41, 5.74) is 1.55. The topological polar surface area (TPSA) is 35.5 Å². The van der Waals surface area contributed by atoms with E-state index < -0.39 is 0 Å². The minimum atomic E-state index is -0.387. The molecule has 0 aliphatic rings. The van der Waals surface area contributed by atoms with Crippen molar-refractivity contribution in [2.75, 3.05) is 0 Å². The van der Waals surface area contributed by atoms with Crippen LogP contribution >= 0.6 is 15.9 Å². The van der Waals surface area contributed by atoms with Crippen LogP contribution in [0.5, 0.6) is 11.5 Å². The van der Waals surface area contributed by atoms with E-state index in [-0.39, 0.29) is 22.8 Å². The first-order chi connectivity index (χ1) is 11.4. The van der Waals surface area contributed by atoms with E-state index in [1.807, 2.05) is 64.1 Å². The summed E-state index contributed by atoms with van der Waals surface area (Å²) in [6.45, 7) is 7.91. The normalized spacial score (nSPS) is 12.3. The summed E-state index contributed by atoms with van der Waals surface area (Å²) >= 11 is 3.50. The molecule has 0 bridgehead atoms. The second-order valence-corrected chi connectivity index (χ2v) is 7.07. The van der Waals surface area contributed by atoms with E-state index in [1.165, 1.54) is 0 Å². The van der Waals surface area contributed by atoms with Crippen molar-refractivity contribution >= 4 is 21.7 Å². The van der Waals surface area contributed by atoms with Gasteiger partial charge in [-0.2, -0.15) is 0 Å². The molecule has 4 heteroatoms. The first kappa shape index (κ1) is 18.5. The third-order valence-corrected chi connectivity index (χ3v) is 4.23. The fraction of sp³-hybridized carbons (Fsp3) is 0.350. The van der Waals surface area contributed by atoms with Crippen molar-refractivity contribution in [1.82, 2.24) is 0 Å². The lowest BCUT2D eigenvalue weighted by Crippen LogP contribution is -2.09. The zero-order valence-electron chi connectivity index (χ0n) is 14.5. The van der Waals surface area contributed by atoms with Gasteiger partial charge in [0.1, 0.15) is 16.3 Å². The Morgan fingerprint density at radius 2 is 1.21 bits per heavy atom. The Bertz CT molecular complexity index is 660. The average Bonchev–Trinajstić information content (AvgIpc) is 2.54. The predicted octanol–water partition coefficient (Wildman–Crippen LogP) is 5.58. The van der Waals surface area contributed by atoms with E-state index in [0.717, 1.165) is 17.1 Å². The Hall–Kier alpha value is -1.81. The molecule has 0 fully saturated rings. The smallest absolute Gasteiger partial charge is 0.180 e. The van der Waals surface area contributed by atoms with Crippen molar-refractivity contribution in [3.63, 3.8) is 0 Å². The molecule has 24 heavy (non-hydrogen) atoms. The molecular weight excluding hydrogens is 368 g/mol. The minimum absolute atomic E-state index is 0.0172. The predicted molar refractivity (Wildman–Crippen MR) is 100 cm³/mol. The van der Waals surface area contributed by atoms with Crippen LogP contribution in [0.4, 0.5) is 0 Å². The number of hydrogen-bond donors (Lipinski definition) is 0. The molecule has 0 aliphatic carbocycles. The van der Waals surface area contributed by atoms with Gasteiger partial charge in [0.25, 0.3) is 0 Å². The van der Waals surface area contributed by atoms with E-state index in [2.05, 4.69) is 15.9 Å². The number of rotatable bonds is 7. The van der Waals surface area contributed by atoms with Crippen molar-refractivity contribution in [3.05, 3.63) is 59.7 Å². The molecule has 0 heterocycles. The molecule has 1 atom stereocenters. The fourth-order valence-electron chi connectivity index (χ4n) is 2.26. The van der Waals surface area contributed by atoms with Crippen LogP contribution in [0, 0.1) is 0 Å². The SMILES string of the molecule is CC(C)Oc1ccc(C(=O)C(Br)c2ccc(OC(C)C)cc2)cc1. The number of hydrogen-bond acceptors (Lipinski definition) is 3. The molecule has 2 rings (SSSR count). The molecule has 0 aromatic heterocycles. The van der Waals surface area contributed by atoms with Crippen LogP contribution in [-0.4, -0.2) is 18.0 Å². The lowest BCUT2D eigenvalue weighted by molar-refractivity contribution is 0.0991. The monoisotopic (exact) mass is 390 g/mol. The molecule has 0 aliphatic heterocycles. The van der Waals surface area contributed by atoms with E-state index in [4.69, 9.17) is 9.47 Å². The Morgan fingerprint density at radius 1 is 0.792 bits per heavy atom. The number of halogens is 1. The van der Waals surface area contributed by atoms with Crippen molar-refractivity contribution < 1.29 is 14.3 Å². The zero-order chi connectivity index (χ0) is 17.7.